The van der Waals surface area contributed by atoms with Gasteiger partial charge in [-0.3, -0.25) is 4.79 Å². The summed E-state index contributed by atoms with van der Waals surface area (Å²) in [4.78, 5) is 28.2. The molecule has 1 fully saturated rings. The fourth-order valence-corrected chi connectivity index (χ4v) is 4.90. The molecule has 4 rings (SSSR count). The number of methoxy groups -OCH3 is 2. The van der Waals surface area contributed by atoms with Gasteiger partial charge in [-0.2, -0.15) is 0 Å². The van der Waals surface area contributed by atoms with Crippen molar-refractivity contribution in [3.8, 4) is 23.0 Å². The average molecular weight is 572 g/mol. The first-order valence-electron chi connectivity index (χ1n) is 14.0. The zero-order chi connectivity index (χ0) is 29.2. The Morgan fingerprint density at radius 3 is 2.68 bits per heavy atom. The number of nitrogens with one attached hydrogen (secondary N) is 2. The third-order valence-electron chi connectivity index (χ3n) is 7.08. The van der Waals surface area contributed by atoms with E-state index in [0.29, 0.717) is 74.6 Å². The van der Waals surface area contributed by atoms with Crippen LogP contribution in [0.25, 0.3) is 0 Å². The van der Waals surface area contributed by atoms with Crippen molar-refractivity contribution in [3.05, 3.63) is 47.5 Å². The molecule has 2 aliphatic rings. The van der Waals surface area contributed by atoms with Crippen LogP contribution in [0, 0.1) is 5.92 Å². The van der Waals surface area contributed by atoms with Crippen LogP contribution in [0.3, 0.4) is 0 Å². The van der Waals surface area contributed by atoms with Gasteiger partial charge in [0.1, 0.15) is 19.3 Å². The molecule has 2 aliphatic heterocycles. The maximum atomic E-state index is 13.7. The van der Waals surface area contributed by atoms with Gasteiger partial charge in [0.25, 0.3) is 5.91 Å². The number of para-hydroxylation sites is 1. The molecule has 224 valence electrons. The summed E-state index contributed by atoms with van der Waals surface area (Å²) < 4.78 is 33.5. The number of benzene rings is 2. The molecule has 1 saturated heterocycles. The molecule has 0 bridgehead atoms. The summed E-state index contributed by atoms with van der Waals surface area (Å²) in [5.41, 5.74) is 1.32. The Hall–Kier alpha value is -3.70. The molecule has 0 saturated carbocycles. The molecule has 0 radical (unpaired) electrons. The monoisotopic (exact) mass is 571 g/mol. The van der Waals surface area contributed by atoms with Crippen LogP contribution in [-0.2, 0) is 16.0 Å². The van der Waals surface area contributed by atoms with Crippen molar-refractivity contribution in [1.29, 1.82) is 0 Å². The second-order valence-electron chi connectivity index (χ2n) is 10.3. The zero-order valence-corrected chi connectivity index (χ0v) is 24.3. The van der Waals surface area contributed by atoms with Crippen molar-refractivity contribution in [1.82, 2.24) is 15.5 Å². The lowest BCUT2D eigenvalue weighted by Crippen LogP contribution is -2.44. The third kappa shape index (κ3) is 7.95. The predicted octanol–water partition coefficient (Wildman–Crippen LogP) is 3.25. The summed E-state index contributed by atoms with van der Waals surface area (Å²) in [6, 6.07) is 10.7. The number of hydrogen-bond acceptors (Lipinski definition) is 9. The van der Waals surface area contributed by atoms with E-state index < -0.39 is 6.09 Å². The van der Waals surface area contributed by atoms with Crippen molar-refractivity contribution in [2.45, 2.75) is 39.0 Å². The molecular weight excluding hydrogens is 530 g/mol. The lowest BCUT2D eigenvalue weighted by Gasteiger charge is -2.31. The van der Waals surface area contributed by atoms with E-state index >= 15 is 0 Å². The van der Waals surface area contributed by atoms with Crippen LogP contribution in [0.2, 0.25) is 0 Å². The van der Waals surface area contributed by atoms with Crippen LogP contribution < -0.4 is 29.6 Å². The molecule has 41 heavy (non-hydrogen) atoms. The second kappa shape index (κ2) is 14.8. The first kappa shape index (κ1) is 30.3. The lowest BCUT2D eigenvalue weighted by molar-refractivity contribution is 0.0521. The van der Waals surface area contributed by atoms with Gasteiger partial charge < -0.3 is 44.0 Å². The quantitative estimate of drug-likeness (QED) is 0.350. The van der Waals surface area contributed by atoms with Crippen molar-refractivity contribution < 1.29 is 38.0 Å². The van der Waals surface area contributed by atoms with Gasteiger partial charge in [0.15, 0.2) is 23.0 Å². The van der Waals surface area contributed by atoms with E-state index in [2.05, 4.69) is 10.6 Å². The SMILES string of the molecule is COCCCOc1cc(C(=O)N(C[C@H]2CNC[C@H]2OC(=O)NCc2cccc3c2OCCO3)C(C)C)ccc1OC. The van der Waals surface area contributed by atoms with Crippen molar-refractivity contribution >= 4 is 12.0 Å². The normalized spacial score (nSPS) is 17.7. The van der Waals surface area contributed by atoms with Gasteiger partial charge >= 0.3 is 6.09 Å². The number of hydrogen-bond donors (Lipinski definition) is 2. The average Bonchev–Trinajstić information content (AvgIpc) is 3.42. The summed E-state index contributed by atoms with van der Waals surface area (Å²) in [6.45, 7) is 7.75. The molecule has 0 unspecified atom stereocenters. The van der Waals surface area contributed by atoms with Gasteiger partial charge in [0, 0.05) is 69.4 Å². The van der Waals surface area contributed by atoms with Gasteiger partial charge in [0.2, 0.25) is 0 Å². The molecule has 11 heteroatoms. The first-order chi connectivity index (χ1) is 19.9. The Balaban J connectivity index is 1.36. The summed E-state index contributed by atoms with van der Waals surface area (Å²) in [6.07, 6.45) is -0.190. The number of nitrogens with zero attached hydrogens (tertiary/aromatic N) is 1. The zero-order valence-electron chi connectivity index (χ0n) is 24.3. The summed E-state index contributed by atoms with van der Waals surface area (Å²) >= 11 is 0. The number of carbonyl (C=O) groups is 2. The summed E-state index contributed by atoms with van der Waals surface area (Å²) in [7, 11) is 3.21. The van der Waals surface area contributed by atoms with Gasteiger partial charge in [-0.25, -0.2) is 4.79 Å². The van der Waals surface area contributed by atoms with Crippen LogP contribution in [-0.4, -0.2) is 89.3 Å². The van der Waals surface area contributed by atoms with E-state index in [1.54, 1.807) is 37.3 Å². The van der Waals surface area contributed by atoms with Crippen LogP contribution >= 0.6 is 0 Å². The Bertz CT molecular complexity index is 1170. The maximum absolute atomic E-state index is 13.7. The molecule has 2 heterocycles. The Morgan fingerprint density at radius 2 is 1.90 bits per heavy atom. The molecule has 2 amide bonds. The number of amides is 2. The van der Waals surface area contributed by atoms with Gasteiger partial charge in [0.05, 0.1) is 13.7 Å². The third-order valence-corrected chi connectivity index (χ3v) is 7.08. The van der Waals surface area contributed by atoms with Crippen LogP contribution in [0.4, 0.5) is 4.79 Å². The first-order valence-corrected chi connectivity index (χ1v) is 14.0. The largest absolute Gasteiger partial charge is 0.493 e. The smallest absolute Gasteiger partial charge is 0.407 e. The van der Waals surface area contributed by atoms with Gasteiger partial charge in [-0.05, 0) is 38.1 Å². The highest BCUT2D eigenvalue weighted by Gasteiger charge is 2.34. The fraction of sp³-hybridized carbons (Fsp3) is 0.533. The highest BCUT2D eigenvalue weighted by Crippen LogP contribution is 2.33. The van der Waals surface area contributed by atoms with Crippen molar-refractivity contribution in [2.75, 3.05) is 60.3 Å². The number of carbonyl (C=O) groups excluding carboxylic acids is 2. The van der Waals surface area contributed by atoms with E-state index in [1.165, 1.54) is 0 Å². The van der Waals surface area contributed by atoms with E-state index in [9.17, 15) is 9.59 Å². The Kier molecular flexibility index (Phi) is 10.9. The minimum atomic E-state index is -0.522. The van der Waals surface area contributed by atoms with E-state index in [-0.39, 0.29) is 30.5 Å². The highest BCUT2D eigenvalue weighted by atomic mass is 16.6. The van der Waals surface area contributed by atoms with Crippen LogP contribution in [0.1, 0.15) is 36.2 Å². The summed E-state index contributed by atoms with van der Waals surface area (Å²) in [5.74, 6) is 2.18. The minimum absolute atomic E-state index is 0.0720. The minimum Gasteiger partial charge on any atom is -0.493 e. The molecule has 2 aromatic rings. The van der Waals surface area contributed by atoms with Crippen LogP contribution in [0.5, 0.6) is 23.0 Å². The highest BCUT2D eigenvalue weighted by molar-refractivity contribution is 5.95. The molecule has 11 nitrogen and oxygen atoms in total. The van der Waals surface area contributed by atoms with E-state index in [4.69, 9.17) is 28.4 Å². The van der Waals surface area contributed by atoms with Gasteiger partial charge in [-0.1, -0.05) is 12.1 Å². The molecular formula is C30H41N3O8. The Labute approximate surface area is 241 Å². The topological polar surface area (TPSA) is 117 Å². The lowest BCUT2D eigenvalue weighted by atomic mass is 10.0. The Morgan fingerprint density at radius 1 is 1.07 bits per heavy atom. The summed E-state index contributed by atoms with van der Waals surface area (Å²) in [5, 5.41) is 6.12. The molecule has 0 aliphatic carbocycles. The van der Waals surface area contributed by atoms with E-state index in [0.717, 1.165) is 12.0 Å². The number of rotatable bonds is 13. The molecule has 2 atom stereocenters. The maximum Gasteiger partial charge on any atom is 0.407 e. The molecule has 0 aromatic heterocycles. The number of ether oxygens (including phenoxy) is 6. The molecule has 2 N–H and O–H groups in total. The predicted molar refractivity (Wildman–Crippen MR) is 152 cm³/mol. The number of alkyl carbamates (subject to hydrolysis) is 1. The van der Waals surface area contributed by atoms with Crippen LogP contribution in [0.15, 0.2) is 36.4 Å². The van der Waals surface area contributed by atoms with E-state index in [1.807, 2.05) is 32.0 Å². The van der Waals surface area contributed by atoms with Crippen molar-refractivity contribution in [3.63, 3.8) is 0 Å². The number of fused-ring (bicyclic) bond motifs is 1. The molecule has 0 spiro atoms. The van der Waals surface area contributed by atoms with Crippen molar-refractivity contribution in [2.24, 2.45) is 5.92 Å². The fourth-order valence-electron chi connectivity index (χ4n) is 4.90. The standard InChI is InChI=1S/C30H41N3O8/c1-20(2)33(29(34)21-9-10-24(37-4)26(15-21)38-12-6-11-36-3)19-23-16-31-18-27(23)41-30(35)32-17-22-7-5-8-25-28(22)40-14-13-39-25/h5,7-10,15,20,23,27,31H,6,11-14,16-19H2,1-4H3,(H,32,35)/t23-,27-/m1/s1. The molecule has 2 aromatic carbocycles. The van der Waals surface area contributed by atoms with Gasteiger partial charge in [-0.15, -0.1) is 0 Å². The second-order valence-corrected chi connectivity index (χ2v) is 10.3.